The molecule has 9 heteroatoms. The van der Waals surface area contributed by atoms with Crippen LogP contribution in [-0.4, -0.2) is 62.2 Å². The molecule has 0 aliphatic carbocycles. The van der Waals surface area contributed by atoms with E-state index in [1.807, 2.05) is 45.0 Å². The molecule has 0 radical (unpaired) electrons. The summed E-state index contributed by atoms with van der Waals surface area (Å²) in [6.07, 6.45) is 0.757. The molecule has 0 unspecified atom stereocenters. The van der Waals surface area contributed by atoms with Crippen LogP contribution < -0.4 is 9.62 Å². The van der Waals surface area contributed by atoms with Gasteiger partial charge in [0, 0.05) is 26.7 Å². The van der Waals surface area contributed by atoms with Crippen molar-refractivity contribution in [3.05, 3.63) is 65.7 Å². The molecule has 0 saturated carbocycles. The Bertz CT molecular complexity index is 1060. The van der Waals surface area contributed by atoms with Crippen molar-refractivity contribution in [2.24, 2.45) is 0 Å². The number of rotatable bonds is 11. The van der Waals surface area contributed by atoms with E-state index in [0.717, 1.165) is 26.2 Å². The predicted octanol–water partition coefficient (Wildman–Crippen LogP) is 2.94. The second kappa shape index (κ2) is 12.0. The Labute approximate surface area is 203 Å². The molecule has 0 aromatic heterocycles. The Hall–Kier alpha value is -2.91. The van der Waals surface area contributed by atoms with E-state index >= 15 is 0 Å². The molecular weight excluding hydrogens is 452 g/mol. The number of carbonyl (C=O) groups is 2. The van der Waals surface area contributed by atoms with Crippen molar-refractivity contribution in [1.29, 1.82) is 0 Å². The maximum absolute atomic E-state index is 13.6. The molecule has 2 atom stereocenters. The fraction of sp³-hybridized carbons (Fsp3) is 0.440. The topological polar surface area (TPSA) is 90.0 Å². The minimum Gasteiger partial charge on any atom is -0.352 e. The van der Waals surface area contributed by atoms with Crippen LogP contribution in [0.2, 0.25) is 0 Å². The van der Waals surface area contributed by atoms with Gasteiger partial charge in [-0.1, -0.05) is 55.0 Å². The van der Waals surface area contributed by atoms with Crippen molar-refractivity contribution in [2.75, 3.05) is 24.9 Å². The number of amides is 2. The molecule has 0 saturated heterocycles. The summed E-state index contributed by atoms with van der Waals surface area (Å²) >= 11 is 0. The monoisotopic (exact) mass is 488 g/mol. The highest BCUT2D eigenvalue weighted by atomic mass is 32.2. The normalized spacial score (nSPS) is 13.3. The Balaban J connectivity index is 2.41. The van der Waals surface area contributed by atoms with Gasteiger partial charge in [-0.05, 0) is 44.9 Å². The summed E-state index contributed by atoms with van der Waals surface area (Å²) < 4.78 is 28.3. The summed E-state index contributed by atoms with van der Waals surface area (Å²) in [7, 11) is -1.11. The number of nitrogens with one attached hydrogen (secondary N) is 1. The number of hydrogen-bond donors (Lipinski definition) is 1. The summed E-state index contributed by atoms with van der Waals surface area (Å²) in [5.74, 6) is -0.752. The molecule has 2 aromatic rings. The lowest BCUT2D eigenvalue weighted by Gasteiger charge is -2.33. The lowest BCUT2D eigenvalue weighted by atomic mass is 10.1. The third kappa shape index (κ3) is 7.04. The van der Waals surface area contributed by atoms with Gasteiger partial charge >= 0.3 is 10.2 Å². The quantitative estimate of drug-likeness (QED) is 0.527. The van der Waals surface area contributed by atoms with Gasteiger partial charge in [0.15, 0.2) is 0 Å². The van der Waals surface area contributed by atoms with Gasteiger partial charge in [-0.15, -0.1) is 0 Å². The van der Waals surface area contributed by atoms with Crippen LogP contribution in [0.15, 0.2) is 54.6 Å². The van der Waals surface area contributed by atoms with Gasteiger partial charge < -0.3 is 10.2 Å². The van der Waals surface area contributed by atoms with Crippen molar-refractivity contribution in [3.8, 4) is 0 Å². The summed E-state index contributed by atoms with van der Waals surface area (Å²) in [5, 5.41) is 2.92. The average Bonchev–Trinajstić information content (AvgIpc) is 2.81. The molecule has 34 heavy (non-hydrogen) atoms. The highest BCUT2D eigenvalue weighted by Gasteiger charge is 2.32. The first-order valence-electron chi connectivity index (χ1n) is 11.4. The number of hydrogen-bond acceptors (Lipinski definition) is 4. The molecular formula is C25H36N4O4S. The lowest BCUT2D eigenvalue weighted by molar-refractivity contribution is -0.139. The van der Waals surface area contributed by atoms with Gasteiger partial charge in [0.25, 0.3) is 0 Å². The van der Waals surface area contributed by atoms with Gasteiger partial charge in [0.1, 0.15) is 12.6 Å². The maximum Gasteiger partial charge on any atom is 0.304 e. The Morgan fingerprint density at radius 1 is 0.971 bits per heavy atom. The van der Waals surface area contributed by atoms with E-state index in [4.69, 9.17) is 0 Å². The van der Waals surface area contributed by atoms with Crippen molar-refractivity contribution < 1.29 is 18.0 Å². The fourth-order valence-electron chi connectivity index (χ4n) is 3.25. The van der Waals surface area contributed by atoms with Crippen LogP contribution in [0.4, 0.5) is 5.69 Å². The summed E-state index contributed by atoms with van der Waals surface area (Å²) in [5.41, 5.74) is 2.30. The summed E-state index contributed by atoms with van der Waals surface area (Å²) in [6.45, 7) is 7.25. The summed E-state index contributed by atoms with van der Waals surface area (Å²) in [4.78, 5) is 27.9. The molecule has 2 amide bonds. The molecule has 0 bridgehead atoms. The molecule has 0 aliphatic rings. The van der Waals surface area contributed by atoms with Gasteiger partial charge in [0.05, 0.1) is 5.69 Å². The van der Waals surface area contributed by atoms with Gasteiger partial charge in [-0.25, -0.2) is 4.31 Å². The highest BCUT2D eigenvalue weighted by Crippen LogP contribution is 2.20. The standard InChI is InChI=1S/C25H36N4O4S/c1-7-20(3)26-25(31)21(4)28(17-22-15-13-19(2)14-16-22)24(30)18-29(34(32,33)27(5)6)23-11-9-8-10-12-23/h8-16,20-21H,7,17-18H2,1-6H3,(H,26,31)/t20-,21+/m0/s1. The Morgan fingerprint density at radius 3 is 2.09 bits per heavy atom. The Morgan fingerprint density at radius 2 is 1.56 bits per heavy atom. The highest BCUT2D eigenvalue weighted by molar-refractivity contribution is 7.90. The van der Waals surface area contributed by atoms with Gasteiger partial charge in [-0.2, -0.15) is 12.7 Å². The first-order chi connectivity index (χ1) is 16.0. The average molecular weight is 489 g/mol. The third-order valence-corrected chi connectivity index (χ3v) is 7.52. The summed E-state index contributed by atoms with van der Waals surface area (Å²) in [6, 6.07) is 15.3. The second-order valence-electron chi connectivity index (χ2n) is 8.63. The second-order valence-corrected chi connectivity index (χ2v) is 10.7. The molecule has 186 valence electrons. The molecule has 2 aromatic carbocycles. The van der Waals surface area contributed by atoms with Crippen LogP contribution in [0.3, 0.4) is 0 Å². The van der Waals surface area contributed by atoms with E-state index in [0.29, 0.717) is 5.69 Å². The molecule has 0 spiro atoms. The predicted molar refractivity (Wildman–Crippen MR) is 135 cm³/mol. The number of anilines is 1. The number of para-hydroxylation sites is 1. The fourth-order valence-corrected chi connectivity index (χ4v) is 4.31. The van der Waals surface area contributed by atoms with Crippen molar-refractivity contribution in [1.82, 2.24) is 14.5 Å². The van der Waals surface area contributed by atoms with Crippen molar-refractivity contribution in [2.45, 2.75) is 52.7 Å². The first-order valence-corrected chi connectivity index (χ1v) is 12.8. The van der Waals surface area contributed by atoms with E-state index in [1.165, 1.54) is 19.0 Å². The van der Waals surface area contributed by atoms with Crippen LogP contribution in [0.1, 0.15) is 38.3 Å². The van der Waals surface area contributed by atoms with E-state index in [-0.39, 0.29) is 18.5 Å². The number of nitrogens with zero attached hydrogens (tertiary/aromatic N) is 3. The molecule has 0 aliphatic heterocycles. The van der Waals surface area contributed by atoms with E-state index in [1.54, 1.807) is 37.3 Å². The first kappa shape index (κ1) is 27.3. The van der Waals surface area contributed by atoms with Crippen molar-refractivity contribution >= 4 is 27.7 Å². The lowest BCUT2D eigenvalue weighted by Crippen LogP contribution is -2.53. The van der Waals surface area contributed by atoms with Crippen LogP contribution in [-0.2, 0) is 26.3 Å². The molecule has 1 N–H and O–H groups in total. The SMILES string of the molecule is CC[C@H](C)NC(=O)[C@@H](C)N(Cc1ccc(C)cc1)C(=O)CN(c1ccccc1)S(=O)(=O)N(C)C. The zero-order chi connectivity index (χ0) is 25.5. The van der Waals surface area contributed by atoms with Gasteiger partial charge in [0.2, 0.25) is 11.8 Å². The maximum atomic E-state index is 13.6. The zero-order valence-electron chi connectivity index (χ0n) is 20.9. The van der Waals surface area contributed by atoms with Gasteiger partial charge in [-0.3, -0.25) is 9.59 Å². The van der Waals surface area contributed by atoms with Crippen LogP contribution >= 0.6 is 0 Å². The minimum atomic E-state index is -3.95. The van der Waals surface area contributed by atoms with Crippen LogP contribution in [0.25, 0.3) is 0 Å². The molecule has 0 heterocycles. The molecule has 2 rings (SSSR count). The number of aryl methyl sites for hydroxylation is 1. The van der Waals surface area contributed by atoms with E-state index < -0.39 is 28.7 Å². The minimum absolute atomic E-state index is 0.0405. The largest absolute Gasteiger partial charge is 0.352 e. The van der Waals surface area contributed by atoms with Crippen molar-refractivity contribution in [3.63, 3.8) is 0 Å². The Kier molecular flexibility index (Phi) is 9.64. The number of benzene rings is 2. The third-order valence-electron chi connectivity index (χ3n) is 5.70. The van der Waals surface area contributed by atoms with E-state index in [9.17, 15) is 18.0 Å². The smallest absolute Gasteiger partial charge is 0.304 e. The number of carbonyl (C=O) groups excluding carboxylic acids is 2. The van der Waals surface area contributed by atoms with Crippen LogP contribution in [0.5, 0.6) is 0 Å². The van der Waals surface area contributed by atoms with Crippen LogP contribution in [0, 0.1) is 6.92 Å². The molecule has 8 nitrogen and oxygen atoms in total. The zero-order valence-corrected chi connectivity index (χ0v) is 21.7. The molecule has 0 fully saturated rings. The van der Waals surface area contributed by atoms with E-state index in [2.05, 4.69) is 5.32 Å².